The quantitative estimate of drug-likeness (QED) is 0.802. The van der Waals surface area contributed by atoms with Crippen molar-refractivity contribution in [3.05, 3.63) is 35.5 Å². The van der Waals surface area contributed by atoms with Crippen LogP contribution in [-0.2, 0) is 15.0 Å². The first-order valence-corrected chi connectivity index (χ1v) is 8.62. The zero-order valence-electron chi connectivity index (χ0n) is 11.1. The number of aromatic nitrogens is 1. The third kappa shape index (κ3) is 2.86. The Morgan fingerprint density at radius 1 is 1.27 bits per heavy atom. The van der Waals surface area contributed by atoms with Crippen LogP contribution < -0.4 is 4.90 Å². The zero-order valence-corrected chi connectivity index (χ0v) is 12.7. The number of amides is 1. The number of halogens is 2. The number of benzene rings is 1. The molecule has 0 aliphatic carbocycles. The van der Waals surface area contributed by atoms with Crippen LogP contribution >= 0.6 is 11.3 Å². The predicted octanol–water partition coefficient (Wildman–Crippen LogP) is 2.35. The van der Waals surface area contributed by atoms with E-state index in [1.165, 1.54) is 17.0 Å². The summed E-state index contributed by atoms with van der Waals surface area (Å²) in [5, 5.41) is 0.626. The highest BCUT2D eigenvalue weighted by molar-refractivity contribution is 7.87. The zero-order chi connectivity index (χ0) is 15.9. The van der Waals surface area contributed by atoms with Crippen LogP contribution in [0.5, 0.6) is 0 Å². The van der Waals surface area contributed by atoms with E-state index in [1.54, 1.807) is 17.5 Å². The van der Waals surface area contributed by atoms with Crippen LogP contribution in [-0.4, -0.2) is 31.1 Å². The Morgan fingerprint density at radius 2 is 1.95 bits per heavy atom. The first-order valence-electron chi connectivity index (χ1n) is 6.30. The molecular weight excluding hydrogens is 334 g/mol. The van der Waals surface area contributed by atoms with E-state index in [4.69, 9.17) is 0 Å². The van der Waals surface area contributed by atoms with Gasteiger partial charge in [0.15, 0.2) is 5.13 Å². The van der Waals surface area contributed by atoms with Gasteiger partial charge in [-0.25, -0.2) is 9.37 Å². The largest absolute Gasteiger partial charge is 0.307 e. The van der Waals surface area contributed by atoms with Crippen molar-refractivity contribution in [1.29, 1.82) is 0 Å². The van der Waals surface area contributed by atoms with Gasteiger partial charge in [0.05, 0.1) is 5.69 Å². The Bertz CT molecular complexity index is 818. The van der Waals surface area contributed by atoms with E-state index < -0.39 is 21.4 Å². The van der Waals surface area contributed by atoms with Gasteiger partial charge in [-0.05, 0) is 24.3 Å². The first kappa shape index (κ1) is 15.0. The fourth-order valence-electron chi connectivity index (χ4n) is 2.19. The minimum atomic E-state index is -4.75. The number of hydrogen-bond donors (Lipinski definition) is 0. The monoisotopic (exact) mass is 344 g/mol. The number of thiazole rings is 1. The third-order valence-electron chi connectivity index (χ3n) is 3.35. The molecule has 0 saturated carbocycles. The molecule has 0 N–H and O–H groups in total. The molecule has 1 atom stereocenters. The number of carbonyl (C=O) groups excluding carboxylic acids is 1. The second-order valence-corrected chi connectivity index (χ2v) is 7.28. The summed E-state index contributed by atoms with van der Waals surface area (Å²) in [6.07, 6.45) is -0.385. The van der Waals surface area contributed by atoms with E-state index in [1.807, 2.05) is 0 Å². The second-order valence-electron chi connectivity index (χ2n) is 4.83. The van der Waals surface area contributed by atoms with E-state index in [9.17, 15) is 21.5 Å². The van der Waals surface area contributed by atoms with E-state index >= 15 is 0 Å². The fraction of sp³-hybridized carbons (Fsp3) is 0.231. The van der Waals surface area contributed by atoms with Gasteiger partial charge in [0, 0.05) is 23.9 Å². The summed E-state index contributed by atoms with van der Waals surface area (Å²) in [6.45, 7) is -0.242. The first-order chi connectivity index (χ1) is 10.3. The lowest BCUT2D eigenvalue weighted by Gasteiger charge is -2.11. The van der Waals surface area contributed by atoms with Gasteiger partial charge in [-0.2, -0.15) is 8.42 Å². The summed E-state index contributed by atoms with van der Waals surface area (Å²) in [5.41, 5.74) is 1.21. The van der Waals surface area contributed by atoms with Gasteiger partial charge in [-0.1, -0.05) is 0 Å². The molecule has 1 amide bonds. The standard InChI is InChI=1S/C13H10F2N2O3S2/c14-9-3-1-8(2-4-9)11-7-21-13(16-11)17-6-10(5-12(17)18)22(15,19)20/h1-4,7,10H,5-6H2. The third-order valence-corrected chi connectivity index (χ3v) is 5.33. The van der Waals surface area contributed by atoms with Crippen LogP contribution in [0.15, 0.2) is 29.6 Å². The Morgan fingerprint density at radius 3 is 2.55 bits per heavy atom. The van der Waals surface area contributed by atoms with Gasteiger partial charge < -0.3 is 0 Å². The van der Waals surface area contributed by atoms with Crippen molar-refractivity contribution in [3.63, 3.8) is 0 Å². The summed E-state index contributed by atoms with van der Waals surface area (Å²) >= 11 is 1.15. The molecule has 1 saturated heterocycles. The molecule has 3 rings (SSSR count). The average Bonchev–Trinajstić information content (AvgIpc) is 3.05. The van der Waals surface area contributed by atoms with Gasteiger partial charge in [0.1, 0.15) is 11.1 Å². The van der Waals surface area contributed by atoms with Crippen LogP contribution in [0.1, 0.15) is 6.42 Å². The van der Waals surface area contributed by atoms with Crippen LogP contribution in [0, 0.1) is 5.82 Å². The van der Waals surface area contributed by atoms with Crippen LogP contribution in [0.4, 0.5) is 13.4 Å². The molecule has 2 aromatic rings. The summed E-state index contributed by atoms with van der Waals surface area (Å²) in [7, 11) is -4.75. The minimum absolute atomic E-state index is 0.242. The van der Waals surface area contributed by atoms with Gasteiger partial charge in [0.2, 0.25) is 5.91 Å². The van der Waals surface area contributed by atoms with Crippen LogP contribution in [0.25, 0.3) is 11.3 Å². The molecule has 1 aromatic heterocycles. The van der Waals surface area contributed by atoms with E-state index in [0.717, 1.165) is 11.3 Å². The Hall–Kier alpha value is -1.87. The normalized spacial score (nSPS) is 18.9. The molecule has 5 nitrogen and oxygen atoms in total. The average molecular weight is 344 g/mol. The van der Waals surface area contributed by atoms with Crippen molar-refractivity contribution in [2.45, 2.75) is 11.7 Å². The highest BCUT2D eigenvalue weighted by Gasteiger charge is 2.40. The lowest BCUT2D eigenvalue weighted by molar-refractivity contribution is -0.117. The number of rotatable bonds is 3. The molecule has 0 bridgehead atoms. The molecule has 0 spiro atoms. The molecule has 9 heteroatoms. The predicted molar refractivity (Wildman–Crippen MR) is 78.3 cm³/mol. The summed E-state index contributed by atoms with van der Waals surface area (Å²) in [5.74, 6) is -0.851. The molecule has 1 aliphatic rings. The second kappa shape index (κ2) is 5.40. The molecule has 22 heavy (non-hydrogen) atoms. The molecule has 2 heterocycles. The SMILES string of the molecule is O=C1CC(S(=O)(=O)F)CN1c1nc(-c2ccc(F)cc2)cs1. The smallest absolute Gasteiger partial charge is 0.287 e. The molecule has 1 unspecified atom stereocenters. The highest BCUT2D eigenvalue weighted by atomic mass is 32.3. The van der Waals surface area contributed by atoms with Gasteiger partial charge in [-0.3, -0.25) is 9.69 Å². The molecule has 1 fully saturated rings. The molecule has 1 aromatic carbocycles. The number of nitrogens with zero attached hydrogens (tertiary/aromatic N) is 2. The topological polar surface area (TPSA) is 67.3 Å². The lowest BCUT2D eigenvalue weighted by atomic mass is 10.2. The molecular formula is C13H10F2N2O3S2. The maximum absolute atomic E-state index is 13.0. The Kier molecular flexibility index (Phi) is 3.69. The Labute approximate surface area is 129 Å². The van der Waals surface area contributed by atoms with Gasteiger partial charge in [0.25, 0.3) is 0 Å². The maximum atomic E-state index is 13.0. The number of hydrogen-bond acceptors (Lipinski definition) is 5. The molecule has 116 valence electrons. The van der Waals surface area contributed by atoms with Crippen molar-refractivity contribution in [2.24, 2.45) is 0 Å². The van der Waals surface area contributed by atoms with Crippen molar-refractivity contribution in [1.82, 2.24) is 4.98 Å². The number of carbonyl (C=O) groups is 1. The van der Waals surface area contributed by atoms with E-state index in [2.05, 4.69) is 4.98 Å². The minimum Gasteiger partial charge on any atom is -0.287 e. The maximum Gasteiger partial charge on any atom is 0.307 e. The van der Waals surface area contributed by atoms with E-state index in [0.29, 0.717) is 16.4 Å². The van der Waals surface area contributed by atoms with Crippen molar-refractivity contribution < 1.29 is 21.5 Å². The van der Waals surface area contributed by atoms with E-state index in [-0.39, 0.29) is 18.8 Å². The van der Waals surface area contributed by atoms with Crippen LogP contribution in [0.3, 0.4) is 0 Å². The van der Waals surface area contributed by atoms with Gasteiger partial charge in [-0.15, -0.1) is 15.2 Å². The summed E-state index contributed by atoms with van der Waals surface area (Å²) in [4.78, 5) is 17.2. The molecule has 0 radical (unpaired) electrons. The lowest BCUT2D eigenvalue weighted by Crippen LogP contribution is -2.26. The highest BCUT2D eigenvalue weighted by Crippen LogP contribution is 2.31. The summed E-state index contributed by atoms with van der Waals surface area (Å²) < 4.78 is 47.7. The van der Waals surface area contributed by atoms with Gasteiger partial charge >= 0.3 is 10.2 Å². The van der Waals surface area contributed by atoms with Crippen molar-refractivity contribution in [3.8, 4) is 11.3 Å². The van der Waals surface area contributed by atoms with Crippen LogP contribution in [0.2, 0.25) is 0 Å². The van der Waals surface area contributed by atoms with Crippen molar-refractivity contribution >= 4 is 32.6 Å². The fourth-order valence-corrected chi connectivity index (χ4v) is 3.72. The van der Waals surface area contributed by atoms with Crippen molar-refractivity contribution in [2.75, 3.05) is 11.4 Å². The Balaban J connectivity index is 1.85. The number of anilines is 1. The molecule has 1 aliphatic heterocycles. The summed E-state index contributed by atoms with van der Waals surface area (Å²) in [6, 6.07) is 5.69.